The van der Waals surface area contributed by atoms with Gasteiger partial charge in [0.1, 0.15) is 5.75 Å². The van der Waals surface area contributed by atoms with Crippen molar-refractivity contribution in [1.82, 2.24) is 10.2 Å². The standard InChI is InChI=1S/C17H26N2O4S/c1-4-23-15-7-5-14(6-8-15)13-19(2)16(20)17(24(3,21)22)9-11-18-12-10-17/h5-8,18H,4,9-13H2,1-3H3. The number of carbonyl (C=O) groups is 1. The molecule has 0 unspecified atom stereocenters. The maximum Gasteiger partial charge on any atom is 0.244 e. The van der Waals surface area contributed by atoms with Crippen molar-refractivity contribution in [3.63, 3.8) is 0 Å². The average Bonchev–Trinajstić information content (AvgIpc) is 2.56. The molecule has 1 aromatic carbocycles. The fourth-order valence-electron chi connectivity index (χ4n) is 3.13. The molecule has 1 aliphatic rings. The number of sulfone groups is 1. The number of ether oxygens (including phenoxy) is 1. The quantitative estimate of drug-likeness (QED) is 0.831. The van der Waals surface area contributed by atoms with Gasteiger partial charge in [-0.2, -0.15) is 0 Å². The molecule has 0 aromatic heterocycles. The summed E-state index contributed by atoms with van der Waals surface area (Å²) in [7, 11) is -1.83. The first-order valence-corrected chi connectivity index (χ1v) is 10.1. The van der Waals surface area contributed by atoms with E-state index in [-0.39, 0.29) is 5.91 Å². The van der Waals surface area contributed by atoms with E-state index in [1.807, 2.05) is 31.2 Å². The fourth-order valence-corrected chi connectivity index (χ4v) is 4.54. The second-order valence-corrected chi connectivity index (χ2v) is 8.58. The summed E-state index contributed by atoms with van der Waals surface area (Å²) < 4.78 is 28.8. The summed E-state index contributed by atoms with van der Waals surface area (Å²) in [6.45, 7) is 3.97. The highest BCUT2D eigenvalue weighted by molar-refractivity contribution is 7.92. The van der Waals surface area contributed by atoms with E-state index in [4.69, 9.17) is 4.74 Å². The molecule has 0 bridgehead atoms. The molecule has 1 heterocycles. The highest BCUT2D eigenvalue weighted by Gasteiger charge is 2.49. The Morgan fingerprint density at radius 2 is 1.83 bits per heavy atom. The monoisotopic (exact) mass is 354 g/mol. The molecule has 1 aromatic rings. The van der Waals surface area contributed by atoms with Crippen LogP contribution in [-0.2, 0) is 21.2 Å². The number of carbonyl (C=O) groups excluding carboxylic acids is 1. The number of rotatable bonds is 6. The van der Waals surface area contributed by atoms with E-state index in [1.54, 1.807) is 7.05 Å². The van der Waals surface area contributed by atoms with E-state index in [1.165, 1.54) is 11.2 Å². The van der Waals surface area contributed by atoms with E-state index in [0.29, 0.717) is 39.1 Å². The number of hydrogen-bond donors (Lipinski definition) is 1. The Balaban J connectivity index is 2.15. The molecular formula is C17H26N2O4S. The third-order valence-electron chi connectivity index (χ3n) is 4.51. The van der Waals surface area contributed by atoms with Gasteiger partial charge in [0.25, 0.3) is 0 Å². The smallest absolute Gasteiger partial charge is 0.244 e. The number of hydrogen-bond acceptors (Lipinski definition) is 5. The Morgan fingerprint density at radius 3 is 2.33 bits per heavy atom. The van der Waals surface area contributed by atoms with Gasteiger partial charge in [0, 0.05) is 19.8 Å². The van der Waals surface area contributed by atoms with E-state index >= 15 is 0 Å². The molecule has 0 radical (unpaired) electrons. The van der Waals surface area contributed by atoms with Crippen LogP contribution in [-0.4, -0.2) is 57.0 Å². The second kappa shape index (κ2) is 7.53. The molecule has 0 saturated carbocycles. The van der Waals surface area contributed by atoms with E-state index < -0.39 is 14.6 Å². The van der Waals surface area contributed by atoms with Gasteiger partial charge in [0.15, 0.2) is 14.6 Å². The van der Waals surface area contributed by atoms with Crippen molar-refractivity contribution in [3.05, 3.63) is 29.8 Å². The third-order valence-corrected chi connectivity index (χ3v) is 6.51. The van der Waals surface area contributed by atoms with Crippen LogP contribution in [0, 0.1) is 0 Å². The highest BCUT2D eigenvalue weighted by Crippen LogP contribution is 2.30. The summed E-state index contributed by atoms with van der Waals surface area (Å²) in [5.74, 6) is 0.460. The Bertz CT molecular complexity index is 664. The number of benzene rings is 1. The van der Waals surface area contributed by atoms with E-state index in [9.17, 15) is 13.2 Å². The van der Waals surface area contributed by atoms with E-state index in [0.717, 1.165) is 11.3 Å². The number of piperidine rings is 1. The lowest BCUT2D eigenvalue weighted by Crippen LogP contribution is -2.57. The van der Waals surface area contributed by atoms with Gasteiger partial charge in [-0.3, -0.25) is 4.79 Å². The van der Waals surface area contributed by atoms with Crippen molar-refractivity contribution in [2.75, 3.05) is 33.0 Å². The lowest BCUT2D eigenvalue weighted by Gasteiger charge is -2.37. The molecule has 24 heavy (non-hydrogen) atoms. The van der Waals surface area contributed by atoms with Crippen molar-refractivity contribution in [3.8, 4) is 5.75 Å². The first kappa shape index (κ1) is 18.7. The van der Waals surface area contributed by atoms with Crippen LogP contribution in [0.2, 0.25) is 0 Å². The Kier molecular flexibility index (Phi) is 5.87. The SMILES string of the molecule is CCOc1ccc(CN(C)C(=O)C2(S(C)(=O)=O)CCNCC2)cc1. The van der Waals surface area contributed by atoms with Gasteiger partial charge in [0.05, 0.1) is 6.61 Å². The number of amides is 1. The summed E-state index contributed by atoms with van der Waals surface area (Å²) in [5.41, 5.74) is 0.937. The zero-order valence-corrected chi connectivity index (χ0v) is 15.4. The molecule has 0 aliphatic carbocycles. The zero-order chi connectivity index (χ0) is 17.8. The number of nitrogens with one attached hydrogen (secondary N) is 1. The maximum absolute atomic E-state index is 12.9. The fraction of sp³-hybridized carbons (Fsp3) is 0.588. The molecular weight excluding hydrogens is 328 g/mol. The van der Waals surface area contributed by atoms with Crippen LogP contribution < -0.4 is 10.1 Å². The molecule has 1 N–H and O–H groups in total. The van der Waals surface area contributed by atoms with Gasteiger partial charge in [-0.15, -0.1) is 0 Å². The topological polar surface area (TPSA) is 75.7 Å². The lowest BCUT2D eigenvalue weighted by atomic mass is 9.95. The van der Waals surface area contributed by atoms with Gasteiger partial charge >= 0.3 is 0 Å². The molecule has 2 rings (SSSR count). The normalized spacial score (nSPS) is 17.3. The first-order valence-electron chi connectivity index (χ1n) is 8.18. The van der Waals surface area contributed by atoms with Gasteiger partial charge in [-0.25, -0.2) is 8.42 Å². The van der Waals surface area contributed by atoms with Crippen LogP contribution in [0.25, 0.3) is 0 Å². The zero-order valence-electron chi connectivity index (χ0n) is 14.5. The van der Waals surface area contributed by atoms with Crippen molar-refractivity contribution < 1.29 is 17.9 Å². The summed E-state index contributed by atoms with van der Waals surface area (Å²) in [5, 5.41) is 3.12. The Morgan fingerprint density at radius 1 is 1.25 bits per heavy atom. The average molecular weight is 354 g/mol. The predicted octanol–water partition coefficient (Wildman–Crippen LogP) is 1.21. The van der Waals surface area contributed by atoms with Crippen molar-refractivity contribution in [1.29, 1.82) is 0 Å². The molecule has 0 spiro atoms. The number of nitrogens with zero attached hydrogens (tertiary/aromatic N) is 1. The summed E-state index contributed by atoms with van der Waals surface area (Å²) in [6, 6.07) is 7.50. The molecule has 6 nitrogen and oxygen atoms in total. The van der Waals surface area contributed by atoms with Gasteiger partial charge in [-0.1, -0.05) is 12.1 Å². The highest BCUT2D eigenvalue weighted by atomic mass is 32.2. The molecule has 7 heteroatoms. The van der Waals surface area contributed by atoms with Crippen LogP contribution in [0.5, 0.6) is 5.75 Å². The Hall–Kier alpha value is -1.60. The van der Waals surface area contributed by atoms with Crippen LogP contribution in [0.1, 0.15) is 25.3 Å². The first-order chi connectivity index (χ1) is 11.3. The molecule has 1 aliphatic heterocycles. The lowest BCUT2D eigenvalue weighted by molar-refractivity contribution is -0.134. The van der Waals surface area contributed by atoms with Gasteiger partial charge in [-0.05, 0) is 50.6 Å². The third kappa shape index (κ3) is 3.89. The molecule has 0 atom stereocenters. The Labute approximate surface area is 144 Å². The van der Waals surface area contributed by atoms with E-state index in [2.05, 4.69) is 5.32 Å². The van der Waals surface area contributed by atoms with Gasteiger partial charge in [0.2, 0.25) is 5.91 Å². The van der Waals surface area contributed by atoms with Crippen molar-refractivity contribution in [2.24, 2.45) is 0 Å². The summed E-state index contributed by atoms with van der Waals surface area (Å²) in [6.07, 6.45) is 1.80. The molecule has 134 valence electrons. The minimum atomic E-state index is -3.49. The second-order valence-electron chi connectivity index (χ2n) is 6.25. The molecule has 1 saturated heterocycles. The van der Waals surface area contributed by atoms with Crippen LogP contribution in [0.15, 0.2) is 24.3 Å². The van der Waals surface area contributed by atoms with Crippen LogP contribution in [0.3, 0.4) is 0 Å². The van der Waals surface area contributed by atoms with Crippen molar-refractivity contribution >= 4 is 15.7 Å². The minimum Gasteiger partial charge on any atom is -0.494 e. The van der Waals surface area contributed by atoms with Gasteiger partial charge < -0.3 is 15.0 Å². The predicted molar refractivity (Wildman–Crippen MR) is 93.8 cm³/mol. The molecule has 1 fully saturated rings. The minimum absolute atomic E-state index is 0.318. The summed E-state index contributed by atoms with van der Waals surface area (Å²) >= 11 is 0. The molecule has 1 amide bonds. The van der Waals surface area contributed by atoms with Crippen LogP contribution >= 0.6 is 0 Å². The van der Waals surface area contributed by atoms with Crippen LogP contribution in [0.4, 0.5) is 0 Å². The largest absolute Gasteiger partial charge is 0.494 e. The van der Waals surface area contributed by atoms with Crippen molar-refractivity contribution in [2.45, 2.75) is 31.1 Å². The maximum atomic E-state index is 12.9. The summed E-state index contributed by atoms with van der Waals surface area (Å²) in [4.78, 5) is 14.5.